The SMILES string of the molecule is CC(Oc1ccc(C#N)cc1)C(=O)OCC(=O)Nc1cc(F)ccc1F. The van der Waals surface area contributed by atoms with E-state index in [9.17, 15) is 18.4 Å². The van der Waals surface area contributed by atoms with E-state index < -0.39 is 36.2 Å². The fourth-order valence-electron chi connectivity index (χ4n) is 1.89. The predicted molar refractivity (Wildman–Crippen MR) is 87.2 cm³/mol. The Balaban J connectivity index is 1.83. The van der Waals surface area contributed by atoms with E-state index >= 15 is 0 Å². The van der Waals surface area contributed by atoms with Crippen molar-refractivity contribution in [2.75, 3.05) is 11.9 Å². The van der Waals surface area contributed by atoms with Crippen LogP contribution in [0.5, 0.6) is 5.75 Å². The van der Waals surface area contributed by atoms with Crippen LogP contribution < -0.4 is 10.1 Å². The zero-order chi connectivity index (χ0) is 19.1. The predicted octanol–water partition coefficient (Wildman–Crippen LogP) is 2.79. The number of esters is 1. The highest BCUT2D eigenvalue weighted by atomic mass is 19.1. The van der Waals surface area contributed by atoms with Crippen LogP contribution in [-0.2, 0) is 14.3 Å². The Morgan fingerprint density at radius 3 is 2.54 bits per heavy atom. The number of anilines is 1. The van der Waals surface area contributed by atoms with Crippen molar-refractivity contribution >= 4 is 17.6 Å². The molecule has 0 aliphatic heterocycles. The van der Waals surface area contributed by atoms with E-state index in [1.807, 2.05) is 6.07 Å². The number of hydrogen-bond acceptors (Lipinski definition) is 5. The number of carbonyl (C=O) groups excluding carboxylic acids is 2. The Bertz CT molecular complexity index is 847. The molecule has 1 N–H and O–H groups in total. The zero-order valence-corrected chi connectivity index (χ0v) is 13.7. The van der Waals surface area contributed by atoms with Crippen LogP contribution in [0.25, 0.3) is 0 Å². The van der Waals surface area contributed by atoms with Crippen LogP contribution in [0, 0.1) is 23.0 Å². The molecule has 1 amide bonds. The topological polar surface area (TPSA) is 88.4 Å². The van der Waals surface area contributed by atoms with Crippen LogP contribution in [0.15, 0.2) is 42.5 Å². The maximum Gasteiger partial charge on any atom is 0.347 e. The van der Waals surface area contributed by atoms with Gasteiger partial charge in [-0.25, -0.2) is 13.6 Å². The van der Waals surface area contributed by atoms with E-state index in [1.54, 1.807) is 0 Å². The van der Waals surface area contributed by atoms with E-state index in [-0.39, 0.29) is 5.69 Å². The Hall–Kier alpha value is -3.47. The molecule has 6 nitrogen and oxygen atoms in total. The lowest BCUT2D eigenvalue weighted by molar-refractivity contribution is -0.153. The Morgan fingerprint density at radius 2 is 1.88 bits per heavy atom. The molecule has 0 bridgehead atoms. The molecule has 0 aliphatic carbocycles. The lowest BCUT2D eigenvalue weighted by Crippen LogP contribution is -2.29. The minimum Gasteiger partial charge on any atom is -0.479 e. The van der Waals surface area contributed by atoms with Crippen molar-refractivity contribution in [3.8, 4) is 11.8 Å². The van der Waals surface area contributed by atoms with Crippen LogP contribution >= 0.6 is 0 Å². The smallest absolute Gasteiger partial charge is 0.347 e. The van der Waals surface area contributed by atoms with Gasteiger partial charge >= 0.3 is 5.97 Å². The third-order valence-corrected chi connectivity index (χ3v) is 3.18. The van der Waals surface area contributed by atoms with Gasteiger partial charge in [-0.15, -0.1) is 0 Å². The van der Waals surface area contributed by atoms with Gasteiger partial charge in [0, 0.05) is 6.07 Å². The summed E-state index contributed by atoms with van der Waals surface area (Å²) in [6.45, 7) is 0.737. The summed E-state index contributed by atoms with van der Waals surface area (Å²) in [7, 11) is 0. The molecule has 134 valence electrons. The molecule has 1 unspecified atom stereocenters. The quantitative estimate of drug-likeness (QED) is 0.801. The van der Waals surface area contributed by atoms with Gasteiger partial charge in [0.05, 0.1) is 17.3 Å². The lowest BCUT2D eigenvalue weighted by atomic mass is 10.2. The first-order chi connectivity index (χ1) is 12.4. The summed E-state index contributed by atoms with van der Waals surface area (Å²) >= 11 is 0. The van der Waals surface area contributed by atoms with Gasteiger partial charge in [0.25, 0.3) is 5.91 Å². The molecule has 0 radical (unpaired) electrons. The summed E-state index contributed by atoms with van der Waals surface area (Å²) in [6, 6.07) is 10.6. The third-order valence-electron chi connectivity index (χ3n) is 3.18. The second-order valence-electron chi connectivity index (χ2n) is 5.18. The lowest BCUT2D eigenvalue weighted by Gasteiger charge is -2.14. The van der Waals surface area contributed by atoms with Crippen LogP contribution in [0.1, 0.15) is 12.5 Å². The first-order valence-electron chi connectivity index (χ1n) is 7.47. The fourth-order valence-corrected chi connectivity index (χ4v) is 1.89. The van der Waals surface area contributed by atoms with E-state index in [0.717, 1.165) is 18.2 Å². The standard InChI is InChI=1S/C18H14F2N2O4/c1-11(26-14-5-2-12(9-21)3-6-14)18(24)25-10-17(23)22-16-8-13(19)4-7-15(16)20/h2-8,11H,10H2,1H3,(H,22,23). The van der Waals surface area contributed by atoms with Crippen LogP contribution in [0.3, 0.4) is 0 Å². The summed E-state index contributed by atoms with van der Waals surface area (Å²) in [4.78, 5) is 23.5. The molecule has 0 heterocycles. The number of rotatable bonds is 6. The molecule has 0 saturated carbocycles. The van der Waals surface area contributed by atoms with E-state index in [0.29, 0.717) is 11.3 Å². The molecular formula is C18H14F2N2O4. The molecule has 0 aromatic heterocycles. The van der Waals surface area contributed by atoms with Crippen LogP contribution in [-0.4, -0.2) is 24.6 Å². The highest BCUT2D eigenvalue weighted by Crippen LogP contribution is 2.16. The summed E-state index contributed by atoms with van der Waals surface area (Å²) < 4.78 is 36.6. The van der Waals surface area contributed by atoms with Gasteiger partial charge in [0.1, 0.15) is 17.4 Å². The molecule has 26 heavy (non-hydrogen) atoms. The molecule has 8 heteroatoms. The average molecular weight is 360 g/mol. The Kier molecular flexibility index (Phi) is 6.22. The first kappa shape index (κ1) is 18.9. The second-order valence-corrected chi connectivity index (χ2v) is 5.18. The van der Waals surface area contributed by atoms with Crippen molar-refractivity contribution in [3.63, 3.8) is 0 Å². The molecule has 0 saturated heterocycles. The van der Waals surface area contributed by atoms with Gasteiger partial charge < -0.3 is 14.8 Å². The Labute approximate surface area is 148 Å². The number of nitriles is 1. The monoisotopic (exact) mass is 360 g/mol. The number of ether oxygens (including phenoxy) is 2. The molecule has 0 spiro atoms. The van der Waals surface area contributed by atoms with Crippen molar-refractivity contribution in [3.05, 3.63) is 59.7 Å². The first-order valence-corrected chi connectivity index (χ1v) is 7.47. The number of carbonyl (C=O) groups is 2. The zero-order valence-electron chi connectivity index (χ0n) is 13.7. The van der Waals surface area contributed by atoms with Crippen molar-refractivity contribution < 1.29 is 27.8 Å². The van der Waals surface area contributed by atoms with Crippen LogP contribution in [0.4, 0.5) is 14.5 Å². The summed E-state index contributed by atoms with van der Waals surface area (Å²) in [5.41, 5.74) is 0.0850. The van der Waals surface area contributed by atoms with Crippen molar-refractivity contribution in [2.24, 2.45) is 0 Å². The van der Waals surface area contributed by atoms with Gasteiger partial charge in [-0.3, -0.25) is 4.79 Å². The molecule has 2 rings (SSSR count). The third kappa shape index (κ3) is 5.27. The molecule has 1 atom stereocenters. The minimum absolute atomic E-state index is 0.347. The van der Waals surface area contributed by atoms with Crippen molar-refractivity contribution in [2.45, 2.75) is 13.0 Å². The van der Waals surface area contributed by atoms with E-state index in [4.69, 9.17) is 14.7 Å². The van der Waals surface area contributed by atoms with Gasteiger partial charge in [-0.2, -0.15) is 5.26 Å². The van der Waals surface area contributed by atoms with Crippen molar-refractivity contribution in [1.82, 2.24) is 0 Å². The average Bonchev–Trinajstić information content (AvgIpc) is 2.63. The number of nitrogens with one attached hydrogen (secondary N) is 1. The largest absolute Gasteiger partial charge is 0.479 e. The van der Waals surface area contributed by atoms with Gasteiger partial charge in [0.15, 0.2) is 12.7 Å². The number of amides is 1. The number of hydrogen-bond donors (Lipinski definition) is 1. The maximum absolute atomic E-state index is 13.4. The van der Waals surface area contributed by atoms with E-state index in [2.05, 4.69) is 5.32 Å². The van der Waals surface area contributed by atoms with Crippen molar-refractivity contribution in [1.29, 1.82) is 5.26 Å². The van der Waals surface area contributed by atoms with Crippen LogP contribution in [0.2, 0.25) is 0 Å². The van der Waals surface area contributed by atoms with E-state index in [1.165, 1.54) is 31.2 Å². The molecule has 0 fully saturated rings. The second kappa shape index (κ2) is 8.58. The molecule has 2 aromatic carbocycles. The summed E-state index contributed by atoms with van der Waals surface area (Å²) in [5.74, 6) is -2.83. The number of benzene rings is 2. The molecule has 2 aromatic rings. The number of halogens is 2. The van der Waals surface area contributed by atoms with Gasteiger partial charge in [0.2, 0.25) is 0 Å². The summed E-state index contributed by atoms with van der Waals surface area (Å²) in [5, 5.41) is 10.8. The highest BCUT2D eigenvalue weighted by Gasteiger charge is 2.18. The Morgan fingerprint density at radius 1 is 1.19 bits per heavy atom. The molecule has 0 aliphatic rings. The highest BCUT2D eigenvalue weighted by molar-refractivity contribution is 5.93. The number of nitrogens with zero attached hydrogens (tertiary/aromatic N) is 1. The van der Waals surface area contributed by atoms with Gasteiger partial charge in [-0.05, 0) is 43.3 Å². The molecular weight excluding hydrogens is 346 g/mol. The van der Waals surface area contributed by atoms with Gasteiger partial charge in [-0.1, -0.05) is 0 Å². The fraction of sp³-hybridized carbons (Fsp3) is 0.167. The summed E-state index contributed by atoms with van der Waals surface area (Å²) in [6.07, 6.45) is -1.01. The normalized spacial score (nSPS) is 11.2. The maximum atomic E-state index is 13.4. The minimum atomic E-state index is -1.01.